The van der Waals surface area contributed by atoms with Gasteiger partial charge >= 0.3 is 0 Å². The summed E-state index contributed by atoms with van der Waals surface area (Å²) >= 11 is 0. The first-order chi connectivity index (χ1) is 7.79. The highest BCUT2D eigenvalue weighted by Gasteiger charge is 2.24. The third kappa shape index (κ3) is 2.79. The van der Waals surface area contributed by atoms with Crippen LogP contribution in [0.4, 0.5) is 4.39 Å². The molecule has 0 amide bonds. The molecule has 2 heterocycles. The Balaban J connectivity index is 1.92. The summed E-state index contributed by atoms with van der Waals surface area (Å²) in [5.74, 6) is 0. The van der Waals surface area contributed by atoms with Gasteiger partial charge in [0.25, 0.3) is 0 Å². The van der Waals surface area contributed by atoms with Gasteiger partial charge in [0.1, 0.15) is 6.17 Å². The van der Waals surface area contributed by atoms with E-state index in [-0.39, 0.29) is 6.04 Å². The van der Waals surface area contributed by atoms with Crippen molar-refractivity contribution < 1.29 is 4.39 Å². The second-order valence-corrected chi connectivity index (χ2v) is 4.43. The number of nitrogens with one attached hydrogen (secondary N) is 1. The van der Waals surface area contributed by atoms with Crippen molar-refractivity contribution >= 4 is 0 Å². The number of alkyl halides is 1. The SMILES string of the molecule is CCc1ccc(CC(F)C2CCCN2)nc1. The molecule has 0 bridgehead atoms. The van der Waals surface area contributed by atoms with Crippen molar-refractivity contribution in [2.45, 2.75) is 44.8 Å². The van der Waals surface area contributed by atoms with E-state index < -0.39 is 6.17 Å². The van der Waals surface area contributed by atoms with Gasteiger partial charge in [-0.3, -0.25) is 4.98 Å². The third-order valence-electron chi connectivity index (χ3n) is 3.23. The molecular formula is C13H19FN2. The summed E-state index contributed by atoms with van der Waals surface area (Å²) in [5, 5.41) is 3.20. The molecule has 0 spiro atoms. The van der Waals surface area contributed by atoms with Gasteiger partial charge in [0, 0.05) is 24.4 Å². The molecule has 1 aliphatic heterocycles. The summed E-state index contributed by atoms with van der Waals surface area (Å²) in [6, 6.07) is 4.02. The number of hydrogen-bond donors (Lipinski definition) is 1. The molecule has 1 fully saturated rings. The lowest BCUT2D eigenvalue weighted by molar-refractivity contribution is 0.262. The Hall–Kier alpha value is -0.960. The van der Waals surface area contributed by atoms with Gasteiger partial charge in [0.15, 0.2) is 0 Å². The van der Waals surface area contributed by atoms with Gasteiger partial charge in [0.05, 0.1) is 0 Å². The van der Waals surface area contributed by atoms with Crippen molar-refractivity contribution in [1.29, 1.82) is 0 Å². The lowest BCUT2D eigenvalue weighted by Crippen LogP contribution is -2.33. The Morgan fingerprint density at radius 1 is 1.56 bits per heavy atom. The molecule has 2 atom stereocenters. The van der Waals surface area contributed by atoms with Crippen LogP contribution in [-0.2, 0) is 12.8 Å². The fourth-order valence-electron chi connectivity index (χ4n) is 2.15. The second kappa shape index (κ2) is 5.39. The molecule has 0 aliphatic carbocycles. The molecule has 16 heavy (non-hydrogen) atoms. The minimum Gasteiger partial charge on any atom is -0.311 e. The minimum atomic E-state index is -0.803. The minimum absolute atomic E-state index is 0.0349. The number of halogens is 1. The molecule has 0 aromatic carbocycles. The van der Waals surface area contributed by atoms with Crippen LogP contribution < -0.4 is 5.32 Å². The molecule has 0 saturated carbocycles. The first kappa shape index (κ1) is 11.5. The van der Waals surface area contributed by atoms with Crippen molar-refractivity contribution in [3.63, 3.8) is 0 Å². The Kier molecular flexibility index (Phi) is 3.88. The zero-order chi connectivity index (χ0) is 11.4. The van der Waals surface area contributed by atoms with Crippen molar-refractivity contribution in [3.05, 3.63) is 29.6 Å². The van der Waals surface area contributed by atoms with E-state index in [1.807, 2.05) is 18.3 Å². The number of pyridine rings is 1. The predicted molar refractivity (Wildman–Crippen MR) is 63.2 cm³/mol. The lowest BCUT2D eigenvalue weighted by Gasteiger charge is -2.15. The largest absolute Gasteiger partial charge is 0.311 e. The van der Waals surface area contributed by atoms with Crippen molar-refractivity contribution in [3.8, 4) is 0 Å². The first-order valence-corrected chi connectivity index (χ1v) is 6.11. The summed E-state index contributed by atoms with van der Waals surface area (Å²) in [7, 11) is 0. The van der Waals surface area contributed by atoms with Crippen molar-refractivity contribution in [2.24, 2.45) is 0 Å². The van der Waals surface area contributed by atoms with Gasteiger partial charge in [-0.05, 0) is 37.4 Å². The van der Waals surface area contributed by atoms with Crippen LogP contribution in [0.1, 0.15) is 31.0 Å². The van der Waals surface area contributed by atoms with Crippen LogP contribution in [-0.4, -0.2) is 23.7 Å². The molecule has 88 valence electrons. The van der Waals surface area contributed by atoms with E-state index in [0.717, 1.165) is 31.5 Å². The molecule has 1 aromatic heterocycles. The predicted octanol–water partition coefficient (Wildman–Crippen LogP) is 2.28. The highest BCUT2D eigenvalue weighted by molar-refractivity contribution is 5.14. The topological polar surface area (TPSA) is 24.9 Å². The van der Waals surface area contributed by atoms with E-state index in [1.165, 1.54) is 5.56 Å². The van der Waals surface area contributed by atoms with Crippen LogP contribution in [0.3, 0.4) is 0 Å². The van der Waals surface area contributed by atoms with Crippen LogP contribution >= 0.6 is 0 Å². The Labute approximate surface area is 96.3 Å². The van der Waals surface area contributed by atoms with E-state index >= 15 is 0 Å². The average molecular weight is 222 g/mol. The van der Waals surface area contributed by atoms with Crippen molar-refractivity contribution in [1.82, 2.24) is 10.3 Å². The summed E-state index contributed by atoms with van der Waals surface area (Å²) in [5.41, 5.74) is 2.07. The molecular weight excluding hydrogens is 203 g/mol. The van der Waals surface area contributed by atoms with Gasteiger partial charge in [-0.25, -0.2) is 4.39 Å². The maximum Gasteiger partial charge on any atom is 0.121 e. The average Bonchev–Trinajstić information content (AvgIpc) is 2.83. The number of hydrogen-bond acceptors (Lipinski definition) is 2. The van der Waals surface area contributed by atoms with Gasteiger partial charge in [-0.1, -0.05) is 13.0 Å². The molecule has 2 nitrogen and oxygen atoms in total. The summed E-state index contributed by atoms with van der Waals surface area (Å²) in [4.78, 5) is 4.29. The molecule has 3 heteroatoms. The number of aromatic nitrogens is 1. The van der Waals surface area contributed by atoms with Gasteiger partial charge in [-0.2, -0.15) is 0 Å². The van der Waals surface area contributed by atoms with E-state index in [0.29, 0.717) is 6.42 Å². The van der Waals surface area contributed by atoms with E-state index in [9.17, 15) is 4.39 Å². The summed E-state index contributed by atoms with van der Waals surface area (Å²) < 4.78 is 13.9. The summed E-state index contributed by atoms with van der Waals surface area (Å²) in [6.07, 6.45) is 4.51. The fourth-order valence-corrected chi connectivity index (χ4v) is 2.15. The molecule has 1 aliphatic rings. The second-order valence-electron chi connectivity index (χ2n) is 4.43. The van der Waals surface area contributed by atoms with Crippen LogP contribution in [0.15, 0.2) is 18.3 Å². The van der Waals surface area contributed by atoms with Gasteiger partial charge < -0.3 is 5.32 Å². The molecule has 1 N–H and O–H groups in total. The van der Waals surface area contributed by atoms with Crippen LogP contribution in [0.2, 0.25) is 0 Å². The third-order valence-corrected chi connectivity index (χ3v) is 3.23. The smallest absolute Gasteiger partial charge is 0.121 e. The van der Waals surface area contributed by atoms with Gasteiger partial charge in [0.2, 0.25) is 0 Å². The van der Waals surface area contributed by atoms with Crippen molar-refractivity contribution in [2.75, 3.05) is 6.54 Å². The van der Waals surface area contributed by atoms with Crippen LogP contribution in [0, 0.1) is 0 Å². The molecule has 0 radical (unpaired) electrons. The maximum absolute atomic E-state index is 13.9. The first-order valence-electron chi connectivity index (χ1n) is 6.11. The standard InChI is InChI=1S/C13H19FN2/c1-2-10-5-6-11(16-9-10)8-12(14)13-4-3-7-15-13/h5-6,9,12-13,15H,2-4,7-8H2,1H3. The highest BCUT2D eigenvalue weighted by Crippen LogP contribution is 2.15. The Bertz CT molecular complexity index is 317. The van der Waals surface area contributed by atoms with E-state index in [4.69, 9.17) is 0 Å². The number of rotatable bonds is 4. The zero-order valence-corrected chi connectivity index (χ0v) is 9.75. The normalized spacial score (nSPS) is 22.2. The number of nitrogens with zero attached hydrogens (tertiary/aromatic N) is 1. The monoisotopic (exact) mass is 222 g/mol. The van der Waals surface area contributed by atoms with Crippen LogP contribution in [0.5, 0.6) is 0 Å². The lowest BCUT2D eigenvalue weighted by atomic mass is 10.0. The molecule has 2 rings (SSSR count). The van der Waals surface area contributed by atoms with Gasteiger partial charge in [-0.15, -0.1) is 0 Å². The summed E-state index contributed by atoms with van der Waals surface area (Å²) in [6.45, 7) is 3.05. The quantitative estimate of drug-likeness (QED) is 0.845. The van der Waals surface area contributed by atoms with E-state index in [2.05, 4.69) is 17.2 Å². The molecule has 1 aromatic rings. The maximum atomic E-state index is 13.9. The van der Waals surface area contributed by atoms with Crippen LogP contribution in [0.25, 0.3) is 0 Å². The Morgan fingerprint density at radius 3 is 3.00 bits per heavy atom. The fraction of sp³-hybridized carbons (Fsp3) is 0.615. The zero-order valence-electron chi connectivity index (χ0n) is 9.75. The molecule has 1 saturated heterocycles. The number of aryl methyl sites for hydroxylation is 1. The highest BCUT2D eigenvalue weighted by atomic mass is 19.1. The Morgan fingerprint density at radius 2 is 2.44 bits per heavy atom. The molecule has 2 unspecified atom stereocenters. The van der Waals surface area contributed by atoms with E-state index in [1.54, 1.807) is 0 Å².